The lowest BCUT2D eigenvalue weighted by molar-refractivity contribution is 0.126. The van der Waals surface area contributed by atoms with E-state index in [1.807, 2.05) is 0 Å². The first-order valence-electron chi connectivity index (χ1n) is 6.59. The molecule has 0 saturated carbocycles. The third-order valence-electron chi connectivity index (χ3n) is 3.30. The molecule has 106 valence electrons. The number of halogens is 2. The van der Waals surface area contributed by atoms with Gasteiger partial charge in [0, 0.05) is 32.3 Å². The third kappa shape index (κ3) is 4.53. The van der Waals surface area contributed by atoms with E-state index in [0.29, 0.717) is 25.1 Å². The summed E-state index contributed by atoms with van der Waals surface area (Å²) in [5.74, 6) is -1.31. The van der Waals surface area contributed by atoms with Crippen molar-refractivity contribution in [3.05, 3.63) is 35.4 Å². The van der Waals surface area contributed by atoms with Crippen molar-refractivity contribution in [1.82, 2.24) is 4.90 Å². The van der Waals surface area contributed by atoms with E-state index >= 15 is 0 Å². The van der Waals surface area contributed by atoms with E-state index in [4.69, 9.17) is 4.74 Å². The average molecular weight is 271 g/mol. The maximum atomic E-state index is 13.1. The van der Waals surface area contributed by atoms with Gasteiger partial charge >= 0.3 is 0 Å². The number of rotatable bonds is 4. The summed E-state index contributed by atoms with van der Waals surface area (Å²) in [6.45, 7) is 3.94. The second kappa shape index (κ2) is 6.93. The van der Waals surface area contributed by atoms with Gasteiger partial charge in [-0.3, -0.25) is 0 Å². The number of hydrogen-bond donors (Lipinski definition) is 1. The van der Waals surface area contributed by atoms with Crippen molar-refractivity contribution in [3.63, 3.8) is 0 Å². The van der Waals surface area contributed by atoms with Crippen LogP contribution < -0.4 is 0 Å². The normalized spacial score (nSPS) is 19.1. The molecule has 0 bridgehead atoms. The van der Waals surface area contributed by atoms with Gasteiger partial charge in [-0.2, -0.15) is 0 Å². The lowest BCUT2D eigenvalue weighted by Crippen LogP contribution is -2.28. The number of aliphatic hydroxyl groups excluding tert-OH is 1. The first kappa shape index (κ1) is 14.4. The van der Waals surface area contributed by atoms with Gasteiger partial charge in [0.1, 0.15) is 11.6 Å². The Morgan fingerprint density at radius 2 is 1.89 bits per heavy atom. The summed E-state index contributed by atoms with van der Waals surface area (Å²) in [5.41, 5.74) is 0.295. The number of nitrogens with zero attached hydrogens (tertiary/aromatic N) is 1. The van der Waals surface area contributed by atoms with E-state index in [1.54, 1.807) is 0 Å². The van der Waals surface area contributed by atoms with Crippen molar-refractivity contribution in [3.8, 4) is 0 Å². The fraction of sp³-hybridized carbons (Fsp3) is 0.571. The summed E-state index contributed by atoms with van der Waals surface area (Å²) < 4.78 is 31.5. The number of hydrogen-bond acceptors (Lipinski definition) is 3. The van der Waals surface area contributed by atoms with E-state index in [2.05, 4.69) is 4.90 Å². The van der Waals surface area contributed by atoms with E-state index in [9.17, 15) is 13.9 Å². The zero-order valence-corrected chi connectivity index (χ0v) is 10.8. The van der Waals surface area contributed by atoms with Crippen molar-refractivity contribution in [2.45, 2.75) is 18.9 Å². The van der Waals surface area contributed by atoms with E-state index in [1.165, 1.54) is 12.1 Å². The summed E-state index contributed by atoms with van der Waals surface area (Å²) in [4.78, 5) is 2.20. The van der Waals surface area contributed by atoms with E-state index in [0.717, 1.165) is 32.2 Å². The third-order valence-corrected chi connectivity index (χ3v) is 3.30. The molecule has 1 aliphatic heterocycles. The van der Waals surface area contributed by atoms with Gasteiger partial charge in [0.25, 0.3) is 0 Å². The molecular formula is C14H19F2NO2. The summed E-state index contributed by atoms with van der Waals surface area (Å²) in [7, 11) is 0. The number of aliphatic hydroxyl groups is 1. The van der Waals surface area contributed by atoms with Gasteiger partial charge in [-0.25, -0.2) is 8.78 Å². The molecule has 5 heteroatoms. The van der Waals surface area contributed by atoms with Crippen LogP contribution in [-0.4, -0.2) is 42.9 Å². The molecule has 1 atom stereocenters. The highest BCUT2D eigenvalue weighted by atomic mass is 19.1. The van der Waals surface area contributed by atoms with Crippen LogP contribution in [0.5, 0.6) is 0 Å². The van der Waals surface area contributed by atoms with Crippen LogP contribution in [0.1, 0.15) is 24.5 Å². The number of ether oxygens (including phenoxy) is 1. The first-order chi connectivity index (χ1) is 9.15. The Labute approximate surface area is 111 Å². The summed E-state index contributed by atoms with van der Waals surface area (Å²) in [5, 5.41) is 9.98. The SMILES string of the molecule is OC(CCN1CCCOCC1)c1cc(F)cc(F)c1. The Hall–Kier alpha value is -1.04. The second-order valence-electron chi connectivity index (χ2n) is 4.81. The van der Waals surface area contributed by atoms with Crippen LogP contribution in [0.15, 0.2) is 18.2 Å². The summed E-state index contributed by atoms with van der Waals surface area (Å²) in [6, 6.07) is 3.17. The highest BCUT2D eigenvalue weighted by molar-refractivity contribution is 5.20. The summed E-state index contributed by atoms with van der Waals surface area (Å²) in [6.07, 6.45) is 0.600. The molecule has 0 aromatic heterocycles. The van der Waals surface area contributed by atoms with Crippen LogP contribution in [0, 0.1) is 11.6 Å². The van der Waals surface area contributed by atoms with Crippen molar-refractivity contribution >= 4 is 0 Å². The second-order valence-corrected chi connectivity index (χ2v) is 4.81. The smallest absolute Gasteiger partial charge is 0.126 e. The molecule has 1 aromatic rings. The topological polar surface area (TPSA) is 32.7 Å². The first-order valence-corrected chi connectivity index (χ1v) is 6.59. The molecule has 1 N–H and O–H groups in total. The molecule has 0 aliphatic carbocycles. The van der Waals surface area contributed by atoms with Gasteiger partial charge in [0.15, 0.2) is 0 Å². The van der Waals surface area contributed by atoms with Crippen molar-refractivity contribution < 1.29 is 18.6 Å². The largest absolute Gasteiger partial charge is 0.388 e. The van der Waals surface area contributed by atoms with Crippen molar-refractivity contribution in [1.29, 1.82) is 0 Å². The van der Waals surface area contributed by atoms with Gasteiger partial charge in [0.05, 0.1) is 12.7 Å². The fourth-order valence-electron chi connectivity index (χ4n) is 2.26. The lowest BCUT2D eigenvalue weighted by Gasteiger charge is -2.21. The molecule has 1 aromatic carbocycles. The van der Waals surface area contributed by atoms with Gasteiger partial charge < -0.3 is 14.7 Å². The molecule has 0 spiro atoms. The minimum absolute atomic E-state index is 0.295. The van der Waals surface area contributed by atoms with Crippen LogP contribution in [0.25, 0.3) is 0 Å². The molecule has 0 amide bonds. The van der Waals surface area contributed by atoms with Crippen LogP contribution in [0.3, 0.4) is 0 Å². The fourth-order valence-corrected chi connectivity index (χ4v) is 2.26. The molecular weight excluding hydrogens is 252 g/mol. The molecule has 1 unspecified atom stereocenters. The Bertz CT molecular complexity index is 386. The lowest BCUT2D eigenvalue weighted by atomic mass is 10.1. The highest BCUT2D eigenvalue weighted by Crippen LogP contribution is 2.19. The maximum absolute atomic E-state index is 13.1. The predicted molar refractivity (Wildman–Crippen MR) is 67.8 cm³/mol. The average Bonchev–Trinajstić information content (AvgIpc) is 2.63. The Kier molecular flexibility index (Phi) is 5.24. The Morgan fingerprint density at radius 1 is 1.16 bits per heavy atom. The van der Waals surface area contributed by atoms with Crippen LogP contribution in [0.2, 0.25) is 0 Å². The molecule has 2 rings (SSSR count). The Morgan fingerprint density at radius 3 is 2.63 bits per heavy atom. The maximum Gasteiger partial charge on any atom is 0.126 e. The van der Waals surface area contributed by atoms with Crippen LogP contribution in [0.4, 0.5) is 8.78 Å². The van der Waals surface area contributed by atoms with Gasteiger partial charge in [-0.05, 0) is 30.5 Å². The van der Waals surface area contributed by atoms with Gasteiger partial charge in [-0.15, -0.1) is 0 Å². The van der Waals surface area contributed by atoms with Crippen LogP contribution in [-0.2, 0) is 4.74 Å². The van der Waals surface area contributed by atoms with Crippen LogP contribution >= 0.6 is 0 Å². The zero-order valence-electron chi connectivity index (χ0n) is 10.8. The molecule has 0 radical (unpaired) electrons. The number of benzene rings is 1. The predicted octanol–water partition coefficient (Wildman–Crippen LogP) is 2.11. The van der Waals surface area contributed by atoms with Gasteiger partial charge in [-0.1, -0.05) is 0 Å². The van der Waals surface area contributed by atoms with E-state index in [-0.39, 0.29) is 0 Å². The molecule has 19 heavy (non-hydrogen) atoms. The Balaban J connectivity index is 1.87. The summed E-state index contributed by atoms with van der Waals surface area (Å²) >= 11 is 0. The molecule has 1 fully saturated rings. The molecule has 1 aliphatic rings. The zero-order chi connectivity index (χ0) is 13.7. The quantitative estimate of drug-likeness (QED) is 0.910. The van der Waals surface area contributed by atoms with Crippen molar-refractivity contribution in [2.24, 2.45) is 0 Å². The molecule has 3 nitrogen and oxygen atoms in total. The molecule has 1 heterocycles. The minimum atomic E-state index is -0.839. The minimum Gasteiger partial charge on any atom is -0.388 e. The standard InChI is InChI=1S/C14H19F2NO2/c15-12-8-11(9-13(16)10-12)14(18)2-4-17-3-1-6-19-7-5-17/h8-10,14,18H,1-7H2. The molecule has 1 saturated heterocycles. The van der Waals surface area contributed by atoms with E-state index < -0.39 is 17.7 Å². The van der Waals surface area contributed by atoms with Gasteiger partial charge in [0.2, 0.25) is 0 Å². The van der Waals surface area contributed by atoms with Crippen molar-refractivity contribution in [2.75, 3.05) is 32.8 Å². The monoisotopic (exact) mass is 271 g/mol. The highest BCUT2D eigenvalue weighted by Gasteiger charge is 2.14.